The topological polar surface area (TPSA) is 100 Å². The molecule has 1 unspecified atom stereocenters. The number of benzene rings is 2. The first-order chi connectivity index (χ1) is 17.2. The fourth-order valence-corrected chi connectivity index (χ4v) is 4.00. The maximum Gasteiger partial charge on any atom is 0.411 e. The van der Waals surface area contributed by atoms with Gasteiger partial charge in [-0.15, -0.1) is 0 Å². The highest BCUT2D eigenvalue weighted by molar-refractivity contribution is 6.15. The molecule has 0 bridgehead atoms. The summed E-state index contributed by atoms with van der Waals surface area (Å²) in [4.78, 5) is 28.0. The molecule has 1 N–H and O–H groups in total. The summed E-state index contributed by atoms with van der Waals surface area (Å²) < 4.78 is 42.8. The van der Waals surface area contributed by atoms with Gasteiger partial charge in [0.05, 0.1) is 42.6 Å². The van der Waals surface area contributed by atoms with Crippen molar-refractivity contribution in [3.05, 3.63) is 77.1 Å². The van der Waals surface area contributed by atoms with Gasteiger partial charge in [-0.1, -0.05) is 18.2 Å². The van der Waals surface area contributed by atoms with Gasteiger partial charge in [-0.3, -0.25) is 14.3 Å². The first-order valence-electron chi connectivity index (χ1n) is 11.1. The van der Waals surface area contributed by atoms with Gasteiger partial charge in [-0.2, -0.15) is 23.5 Å². The molecule has 0 saturated carbocycles. The van der Waals surface area contributed by atoms with Gasteiger partial charge in [-0.25, -0.2) is 0 Å². The molecule has 4 rings (SSSR count). The monoisotopic (exact) mass is 497 g/mol. The summed E-state index contributed by atoms with van der Waals surface area (Å²) in [5.74, 6) is -0.924. The van der Waals surface area contributed by atoms with Gasteiger partial charge >= 0.3 is 6.18 Å². The molecular weight excluding hydrogens is 475 g/mol. The second-order valence-electron chi connectivity index (χ2n) is 8.34. The van der Waals surface area contributed by atoms with Crippen molar-refractivity contribution in [2.45, 2.75) is 32.1 Å². The number of halogens is 3. The smallest absolute Gasteiger partial charge is 0.372 e. The van der Waals surface area contributed by atoms with Gasteiger partial charge in [-0.05, 0) is 49.2 Å². The Bertz CT molecular complexity index is 1310. The number of ether oxygens (including phenoxy) is 1. The normalized spacial score (nSPS) is 15.4. The number of aromatic nitrogens is 2. The Morgan fingerprint density at radius 3 is 2.69 bits per heavy atom. The molecule has 3 aromatic rings. The van der Waals surface area contributed by atoms with E-state index in [-0.39, 0.29) is 23.9 Å². The lowest BCUT2D eigenvalue weighted by Crippen LogP contribution is -2.47. The van der Waals surface area contributed by atoms with E-state index in [0.717, 1.165) is 5.56 Å². The van der Waals surface area contributed by atoms with Crippen LogP contribution in [0.25, 0.3) is 0 Å². The number of alkyl halides is 3. The molecule has 0 aliphatic carbocycles. The van der Waals surface area contributed by atoms with E-state index in [0.29, 0.717) is 29.9 Å². The number of amides is 2. The van der Waals surface area contributed by atoms with Gasteiger partial charge in [0.25, 0.3) is 11.8 Å². The van der Waals surface area contributed by atoms with Crippen molar-refractivity contribution >= 4 is 23.2 Å². The van der Waals surface area contributed by atoms with Crippen LogP contribution in [0.15, 0.2) is 54.7 Å². The molecule has 2 aromatic carbocycles. The van der Waals surface area contributed by atoms with E-state index in [9.17, 15) is 22.8 Å². The molecule has 0 saturated heterocycles. The van der Waals surface area contributed by atoms with Crippen LogP contribution >= 0.6 is 0 Å². The van der Waals surface area contributed by atoms with Gasteiger partial charge in [0.2, 0.25) is 0 Å². The number of hydrogen-bond donors (Lipinski definition) is 1. The molecule has 1 aromatic heterocycles. The molecular formula is C25H22F3N5O3. The average Bonchev–Trinajstić information content (AvgIpc) is 3.26. The number of carbonyl (C=O) groups is 2. The van der Waals surface area contributed by atoms with E-state index in [4.69, 9.17) is 5.26 Å². The largest absolute Gasteiger partial charge is 0.411 e. The molecule has 1 atom stereocenters. The molecule has 1 aliphatic rings. The van der Waals surface area contributed by atoms with Gasteiger partial charge in [0, 0.05) is 11.4 Å². The number of fused-ring (bicyclic) bond motifs is 1. The van der Waals surface area contributed by atoms with E-state index in [1.165, 1.54) is 16.9 Å². The minimum Gasteiger partial charge on any atom is -0.372 e. The van der Waals surface area contributed by atoms with Crippen molar-refractivity contribution in [2.75, 3.05) is 23.4 Å². The summed E-state index contributed by atoms with van der Waals surface area (Å²) in [5, 5.41) is 16.0. The molecule has 11 heteroatoms. The third-order valence-corrected chi connectivity index (χ3v) is 5.65. The average molecular weight is 497 g/mol. The molecule has 0 radical (unpaired) electrons. The van der Waals surface area contributed by atoms with Crippen LogP contribution in [0.2, 0.25) is 0 Å². The summed E-state index contributed by atoms with van der Waals surface area (Å²) in [5.41, 5.74) is 2.42. The van der Waals surface area contributed by atoms with E-state index < -0.39 is 24.6 Å². The van der Waals surface area contributed by atoms with Crippen molar-refractivity contribution in [1.29, 1.82) is 5.26 Å². The van der Waals surface area contributed by atoms with E-state index in [2.05, 4.69) is 15.2 Å². The lowest BCUT2D eigenvalue weighted by molar-refractivity contribution is -0.173. The molecule has 2 heterocycles. The highest BCUT2D eigenvalue weighted by Crippen LogP contribution is 2.28. The molecule has 1 aliphatic heterocycles. The summed E-state index contributed by atoms with van der Waals surface area (Å²) in [6, 6.07) is 15.1. The van der Waals surface area contributed by atoms with Crippen LogP contribution in [0, 0.1) is 11.3 Å². The Morgan fingerprint density at radius 1 is 1.25 bits per heavy atom. The molecule has 2 amide bonds. The summed E-state index contributed by atoms with van der Waals surface area (Å²) in [6.45, 7) is 0.852. The van der Waals surface area contributed by atoms with E-state index in [1.807, 2.05) is 13.0 Å². The Kier molecular flexibility index (Phi) is 7.07. The fourth-order valence-electron chi connectivity index (χ4n) is 4.00. The highest BCUT2D eigenvalue weighted by Gasteiger charge is 2.35. The van der Waals surface area contributed by atoms with Crippen molar-refractivity contribution in [1.82, 2.24) is 9.78 Å². The Hall–Kier alpha value is -4.17. The van der Waals surface area contributed by atoms with Crippen molar-refractivity contribution < 1.29 is 27.5 Å². The molecule has 0 fully saturated rings. The van der Waals surface area contributed by atoms with E-state index >= 15 is 0 Å². The predicted molar refractivity (Wildman–Crippen MR) is 125 cm³/mol. The van der Waals surface area contributed by atoms with Gasteiger partial charge in [0.15, 0.2) is 0 Å². The van der Waals surface area contributed by atoms with Gasteiger partial charge < -0.3 is 15.0 Å². The first kappa shape index (κ1) is 24.9. The minimum absolute atomic E-state index is 0.0766. The zero-order valence-corrected chi connectivity index (χ0v) is 19.2. The second-order valence-corrected chi connectivity index (χ2v) is 8.34. The molecule has 186 valence electrons. The van der Waals surface area contributed by atoms with E-state index in [1.54, 1.807) is 47.4 Å². The number of anilines is 2. The van der Waals surface area contributed by atoms with Gasteiger partial charge in [0.1, 0.15) is 12.3 Å². The first-order valence-corrected chi connectivity index (χ1v) is 11.1. The summed E-state index contributed by atoms with van der Waals surface area (Å²) in [7, 11) is 0. The standard InChI is InChI=1S/C25H22F3N5O3/c1-16-14-32-22(21(13-30-32)23(34)31-19-4-2-3-18(11-19)12-29)24(35)33(16)20-7-5-17(6-8-20)9-10-36-15-25(26,27)28/h2-8,11,13,16H,9-10,14-15H2,1H3,(H,31,34). The number of rotatable bonds is 7. The van der Waals surface area contributed by atoms with Crippen LogP contribution < -0.4 is 10.2 Å². The predicted octanol–water partition coefficient (Wildman–Crippen LogP) is 4.18. The number of hydrogen-bond acceptors (Lipinski definition) is 5. The number of nitriles is 1. The summed E-state index contributed by atoms with van der Waals surface area (Å²) >= 11 is 0. The molecule has 36 heavy (non-hydrogen) atoms. The van der Waals surface area contributed by atoms with Crippen LogP contribution in [0.4, 0.5) is 24.5 Å². The van der Waals surface area contributed by atoms with Crippen LogP contribution in [0.5, 0.6) is 0 Å². The van der Waals surface area contributed by atoms with Crippen molar-refractivity contribution in [3.63, 3.8) is 0 Å². The van der Waals surface area contributed by atoms with Crippen LogP contribution in [0.1, 0.15) is 38.9 Å². The number of carbonyl (C=O) groups excluding carboxylic acids is 2. The van der Waals surface area contributed by atoms with Crippen LogP contribution in [-0.4, -0.2) is 47.0 Å². The van der Waals surface area contributed by atoms with Crippen LogP contribution in [0.3, 0.4) is 0 Å². The lowest BCUT2D eigenvalue weighted by Gasteiger charge is -2.34. The van der Waals surface area contributed by atoms with Crippen LogP contribution in [-0.2, 0) is 17.7 Å². The minimum atomic E-state index is -4.36. The number of nitrogens with zero attached hydrogens (tertiary/aromatic N) is 4. The zero-order valence-electron chi connectivity index (χ0n) is 19.2. The fraction of sp³-hybridized carbons (Fsp3) is 0.280. The highest BCUT2D eigenvalue weighted by atomic mass is 19.4. The Balaban J connectivity index is 1.49. The SMILES string of the molecule is CC1Cn2ncc(C(=O)Nc3cccc(C#N)c3)c2C(=O)N1c1ccc(CCOCC(F)(F)F)cc1. The maximum atomic E-state index is 13.5. The third kappa shape index (κ3) is 5.55. The Labute approximate surface area is 204 Å². The molecule has 8 nitrogen and oxygen atoms in total. The van der Waals surface area contributed by atoms with Crippen molar-refractivity contribution in [3.8, 4) is 6.07 Å². The molecule has 0 spiro atoms. The lowest BCUT2D eigenvalue weighted by atomic mass is 10.1. The zero-order chi connectivity index (χ0) is 25.9. The van der Waals surface area contributed by atoms with Crippen molar-refractivity contribution in [2.24, 2.45) is 0 Å². The third-order valence-electron chi connectivity index (χ3n) is 5.65. The Morgan fingerprint density at radius 2 is 2.00 bits per heavy atom. The summed E-state index contributed by atoms with van der Waals surface area (Å²) in [6.07, 6.45) is -2.72. The quantitative estimate of drug-likeness (QED) is 0.494. The maximum absolute atomic E-state index is 13.5. The number of nitrogens with one attached hydrogen (secondary N) is 1. The second kappa shape index (κ2) is 10.2.